The van der Waals surface area contributed by atoms with Crippen molar-refractivity contribution in [2.24, 2.45) is 0 Å². The van der Waals surface area contributed by atoms with Crippen LogP contribution in [0.1, 0.15) is 6.42 Å². The van der Waals surface area contributed by atoms with Gasteiger partial charge in [0.2, 0.25) is 5.22 Å². The van der Waals surface area contributed by atoms with Gasteiger partial charge in [-0.15, -0.1) is 0 Å². The Morgan fingerprint density at radius 2 is 2.00 bits per heavy atom. The fraction of sp³-hybridized carbons (Fsp3) is 0.250. The molecule has 18 heavy (non-hydrogen) atoms. The number of rotatable bonds is 1. The molecule has 2 aromatic rings. The number of benzene rings is 1. The van der Waals surface area contributed by atoms with Crippen molar-refractivity contribution in [1.82, 2.24) is 5.16 Å². The van der Waals surface area contributed by atoms with Gasteiger partial charge in [-0.1, -0.05) is 5.16 Å². The van der Waals surface area contributed by atoms with E-state index in [1.807, 2.05) is 12.1 Å². The van der Waals surface area contributed by atoms with Crippen molar-refractivity contribution in [3.63, 3.8) is 0 Å². The van der Waals surface area contributed by atoms with Gasteiger partial charge in [-0.25, -0.2) is 0 Å². The first kappa shape index (κ1) is 11.9. The molecule has 0 bridgehead atoms. The van der Waals surface area contributed by atoms with Crippen molar-refractivity contribution >= 4 is 27.5 Å². The summed E-state index contributed by atoms with van der Waals surface area (Å²) in [5, 5.41) is 4.13. The topological polar surface area (TPSA) is 44.5 Å². The molecule has 0 unspecified atom stereocenters. The van der Waals surface area contributed by atoms with Crippen LogP contribution >= 0.6 is 27.5 Å². The Morgan fingerprint density at radius 1 is 1.17 bits per heavy atom. The molecule has 0 saturated heterocycles. The molecule has 6 heteroatoms. The first-order valence-electron chi connectivity index (χ1n) is 5.46. The average molecular weight is 331 g/mol. The van der Waals surface area contributed by atoms with Crippen LogP contribution in [-0.2, 0) is 0 Å². The molecule has 0 N–H and O–H groups in total. The van der Waals surface area contributed by atoms with Crippen molar-refractivity contribution in [1.29, 1.82) is 0 Å². The molecule has 0 radical (unpaired) electrons. The summed E-state index contributed by atoms with van der Waals surface area (Å²) in [6.07, 6.45) is 0.867. The molecular weight excluding hydrogens is 321 g/mol. The third kappa shape index (κ3) is 2.20. The van der Waals surface area contributed by atoms with Crippen LogP contribution in [0, 0.1) is 0 Å². The molecule has 3 rings (SSSR count). The largest absolute Gasteiger partial charge is 0.489 e. The zero-order valence-electron chi connectivity index (χ0n) is 9.28. The molecule has 4 nitrogen and oxygen atoms in total. The number of ether oxygens (including phenoxy) is 2. The Hall–Kier alpha value is -1.20. The summed E-state index contributed by atoms with van der Waals surface area (Å²) in [4.78, 5) is 0. The highest BCUT2D eigenvalue weighted by molar-refractivity contribution is 9.10. The highest BCUT2D eigenvalue weighted by Gasteiger charge is 2.17. The maximum atomic E-state index is 5.72. The first-order chi connectivity index (χ1) is 8.74. The van der Waals surface area contributed by atoms with Gasteiger partial charge in [0.15, 0.2) is 11.5 Å². The van der Waals surface area contributed by atoms with E-state index in [0.717, 1.165) is 22.2 Å². The van der Waals surface area contributed by atoms with E-state index < -0.39 is 0 Å². The van der Waals surface area contributed by atoms with Gasteiger partial charge in [-0.2, -0.15) is 0 Å². The molecule has 94 valence electrons. The van der Waals surface area contributed by atoms with E-state index in [4.69, 9.17) is 25.6 Å². The summed E-state index contributed by atoms with van der Waals surface area (Å²) in [5.74, 6) is 1.43. The van der Waals surface area contributed by atoms with E-state index in [1.54, 1.807) is 6.07 Å². The Bertz CT molecular complexity index is 585. The average Bonchev–Trinajstić information content (AvgIpc) is 2.63. The standard InChI is InChI=1S/C12H9BrClNO3/c13-8-4-7(9-6-11(14)18-15-9)5-10-12(8)17-3-1-2-16-10/h4-6H,1-3H2. The summed E-state index contributed by atoms with van der Waals surface area (Å²) in [7, 11) is 0. The molecule has 0 fully saturated rings. The third-order valence-corrected chi connectivity index (χ3v) is 3.35. The second kappa shape index (κ2) is 4.82. The maximum Gasteiger partial charge on any atom is 0.226 e. The van der Waals surface area contributed by atoms with Crippen LogP contribution in [0.3, 0.4) is 0 Å². The Kier molecular flexibility index (Phi) is 3.18. The Morgan fingerprint density at radius 3 is 2.78 bits per heavy atom. The highest BCUT2D eigenvalue weighted by Crippen LogP contribution is 2.40. The predicted molar refractivity (Wildman–Crippen MR) is 70.3 cm³/mol. The second-order valence-corrected chi connectivity index (χ2v) is 5.08. The molecule has 0 spiro atoms. The third-order valence-electron chi connectivity index (χ3n) is 2.58. The van der Waals surface area contributed by atoms with E-state index in [0.29, 0.717) is 24.7 Å². The van der Waals surface area contributed by atoms with Gasteiger partial charge >= 0.3 is 0 Å². The minimum atomic E-state index is 0.258. The summed E-state index contributed by atoms with van der Waals surface area (Å²) < 4.78 is 17.0. The van der Waals surface area contributed by atoms with E-state index in [2.05, 4.69) is 21.1 Å². The normalized spacial score (nSPS) is 14.3. The molecular formula is C12H9BrClNO3. The lowest BCUT2D eigenvalue weighted by molar-refractivity contribution is 0.296. The van der Waals surface area contributed by atoms with Crippen molar-refractivity contribution in [3.8, 4) is 22.8 Å². The van der Waals surface area contributed by atoms with Crippen LogP contribution in [0.2, 0.25) is 5.22 Å². The molecule has 0 atom stereocenters. The fourth-order valence-electron chi connectivity index (χ4n) is 1.77. The zero-order valence-corrected chi connectivity index (χ0v) is 11.6. The highest BCUT2D eigenvalue weighted by atomic mass is 79.9. The number of hydrogen-bond donors (Lipinski definition) is 0. The number of nitrogens with zero attached hydrogens (tertiary/aromatic N) is 1. The number of hydrogen-bond acceptors (Lipinski definition) is 4. The van der Waals surface area contributed by atoms with Gasteiger partial charge in [-0.3, -0.25) is 0 Å². The van der Waals surface area contributed by atoms with Gasteiger partial charge in [-0.05, 0) is 39.7 Å². The van der Waals surface area contributed by atoms with Crippen molar-refractivity contribution in [3.05, 3.63) is 27.9 Å². The summed E-state index contributed by atoms with van der Waals surface area (Å²) >= 11 is 9.20. The Labute approximate surface area is 117 Å². The quantitative estimate of drug-likeness (QED) is 0.795. The monoisotopic (exact) mass is 329 g/mol. The lowest BCUT2D eigenvalue weighted by Crippen LogP contribution is -1.97. The fourth-order valence-corrected chi connectivity index (χ4v) is 2.46. The number of aromatic nitrogens is 1. The summed E-state index contributed by atoms with van der Waals surface area (Å²) in [6, 6.07) is 5.44. The van der Waals surface area contributed by atoms with Crippen molar-refractivity contribution in [2.75, 3.05) is 13.2 Å². The first-order valence-corrected chi connectivity index (χ1v) is 6.63. The molecule has 2 heterocycles. The molecule has 1 aromatic heterocycles. The second-order valence-electron chi connectivity index (χ2n) is 3.85. The lowest BCUT2D eigenvalue weighted by Gasteiger charge is -2.10. The van der Waals surface area contributed by atoms with Crippen LogP contribution in [0.4, 0.5) is 0 Å². The van der Waals surface area contributed by atoms with E-state index in [-0.39, 0.29) is 5.22 Å². The van der Waals surface area contributed by atoms with E-state index in [9.17, 15) is 0 Å². The molecule has 0 aliphatic carbocycles. The molecule has 0 amide bonds. The van der Waals surface area contributed by atoms with Crippen molar-refractivity contribution < 1.29 is 14.0 Å². The maximum absolute atomic E-state index is 5.72. The zero-order chi connectivity index (χ0) is 12.5. The molecule has 1 aromatic carbocycles. The van der Waals surface area contributed by atoms with Crippen LogP contribution in [0.25, 0.3) is 11.3 Å². The van der Waals surface area contributed by atoms with E-state index >= 15 is 0 Å². The summed E-state index contributed by atoms with van der Waals surface area (Å²) in [6.45, 7) is 1.29. The molecule has 1 aliphatic heterocycles. The van der Waals surface area contributed by atoms with Crippen LogP contribution in [0.5, 0.6) is 11.5 Å². The van der Waals surface area contributed by atoms with Gasteiger partial charge < -0.3 is 14.0 Å². The minimum Gasteiger partial charge on any atom is -0.489 e. The minimum absolute atomic E-state index is 0.258. The van der Waals surface area contributed by atoms with Gasteiger partial charge in [0.05, 0.1) is 17.7 Å². The Balaban J connectivity index is 2.07. The molecule has 1 aliphatic rings. The van der Waals surface area contributed by atoms with Crippen LogP contribution in [-0.4, -0.2) is 18.4 Å². The van der Waals surface area contributed by atoms with Crippen LogP contribution < -0.4 is 9.47 Å². The lowest BCUT2D eigenvalue weighted by atomic mass is 10.1. The van der Waals surface area contributed by atoms with Crippen LogP contribution in [0.15, 0.2) is 27.2 Å². The number of halogens is 2. The van der Waals surface area contributed by atoms with Gasteiger partial charge in [0.25, 0.3) is 0 Å². The van der Waals surface area contributed by atoms with Crippen molar-refractivity contribution in [2.45, 2.75) is 6.42 Å². The SMILES string of the molecule is Clc1cc(-c2cc(Br)c3c(c2)OCCCO3)no1. The smallest absolute Gasteiger partial charge is 0.226 e. The number of fused-ring (bicyclic) bond motifs is 1. The summed E-state index contributed by atoms with van der Waals surface area (Å²) in [5.41, 5.74) is 1.53. The van der Waals surface area contributed by atoms with Gasteiger partial charge in [0, 0.05) is 18.1 Å². The van der Waals surface area contributed by atoms with Gasteiger partial charge in [0.1, 0.15) is 5.69 Å². The predicted octanol–water partition coefficient (Wildman–Crippen LogP) is 3.92. The molecule has 0 saturated carbocycles. The van der Waals surface area contributed by atoms with E-state index in [1.165, 1.54) is 0 Å².